The van der Waals surface area contributed by atoms with E-state index in [2.05, 4.69) is 143 Å². The highest BCUT2D eigenvalue weighted by Gasteiger charge is 2.24. The van der Waals surface area contributed by atoms with Crippen molar-refractivity contribution in [1.29, 1.82) is 0 Å². The largest absolute Gasteiger partial charge is 0.450 e. The Bertz CT molecular complexity index is 2640. The van der Waals surface area contributed by atoms with Gasteiger partial charge in [-0.25, -0.2) is 4.98 Å². The molecule has 0 spiro atoms. The molecule has 0 fully saturated rings. The lowest BCUT2D eigenvalue weighted by Gasteiger charge is -2.11. The summed E-state index contributed by atoms with van der Waals surface area (Å²) >= 11 is 0. The van der Waals surface area contributed by atoms with Crippen LogP contribution in [0.3, 0.4) is 0 Å². The van der Waals surface area contributed by atoms with Crippen molar-refractivity contribution in [2.24, 2.45) is 0 Å². The van der Waals surface area contributed by atoms with Gasteiger partial charge in [-0.05, 0) is 41.1 Å². The summed E-state index contributed by atoms with van der Waals surface area (Å²) in [7, 11) is 0. The Kier molecular flexibility index (Phi) is 4.39. The molecular formula is C38H22N4O. The second-order valence-electron chi connectivity index (χ2n) is 11.0. The first-order valence-electron chi connectivity index (χ1n) is 14.4. The maximum absolute atomic E-state index is 6.71. The molecule has 5 heteroatoms. The van der Waals surface area contributed by atoms with Crippen LogP contribution in [0.5, 0.6) is 0 Å². The van der Waals surface area contributed by atoms with Crippen LogP contribution in [0, 0.1) is 0 Å². The summed E-state index contributed by atoms with van der Waals surface area (Å²) in [6, 6.07) is 46.5. The molecule has 0 bridgehead atoms. The highest BCUT2D eigenvalue weighted by molar-refractivity contribution is 6.19. The molecule has 43 heavy (non-hydrogen) atoms. The summed E-state index contributed by atoms with van der Waals surface area (Å²) in [6.45, 7) is 0. The Hall–Kier alpha value is -5.94. The van der Waals surface area contributed by atoms with Crippen molar-refractivity contribution in [1.82, 2.24) is 19.1 Å². The van der Waals surface area contributed by atoms with Gasteiger partial charge < -0.3 is 4.42 Å². The molecular weight excluding hydrogens is 528 g/mol. The van der Waals surface area contributed by atoms with Crippen LogP contribution in [-0.4, -0.2) is 19.1 Å². The minimum absolute atomic E-state index is 0.609. The number of furan rings is 1. The van der Waals surface area contributed by atoms with E-state index in [1.54, 1.807) is 0 Å². The predicted octanol–water partition coefficient (Wildman–Crippen LogP) is 9.72. The molecule has 0 N–H and O–H groups in total. The molecule has 0 saturated heterocycles. The Morgan fingerprint density at radius 1 is 0.442 bits per heavy atom. The van der Waals surface area contributed by atoms with E-state index in [0.717, 1.165) is 55.1 Å². The summed E-state index contributed by atoms with van der Waals surface area (Å²) in [4.78, 5) is 10.7. The van der Waals surface area contributed by atoms with Gasteiger partial charge in [-0.3, -0.25) is 9.13 Å². The van der Waals surface area contributed by atoms with Crippen molar-refractivity contribution in [2.45, 2.75) is 0 Å². The van der Waals surface area contributed by atoms with Gasteiger partial charge in [0.05, 0.1) is 27.5 Å². The fourth-order valence-corrected chi connectivity index (χ4v) is 6.92. The van der Waals surface area contributed by atoms with Gasteiger partial charge in [0, 0.05) is 21.5 Å². The zero-order valence-corrected chi connectivity index (χ0v) is 22.9. The third-order valence-electron chi connectivity index (χ3n) is 8.75. The summed E-state index contributed by atoms with van der Waals surface area (Å²) in [6.07, 6.45) is 0. The van der Waals surface area contributed by atoms with Crippen LogP contribution in [0.15, 0.2) is 138 Å². The molecule has 0 aliphatic heterocycles. The van der Waals surface area contributed by atoms with Gasteiger partial charge in [-0.1, -0.05) is 103 Å². The van der Waals surface area contributed by atoms with Crippen LogP contribution in [0.1, 0.15) is 0 Å². The molecule has 6 aromatic carbocycles. The van der Waals surface area contributed by atoms with Crippen molar-refractivity contribution >= 4 is 76.5 Å². The minimum atomic E-state index is 0.609. The van der Waals surface area contributed by atoms with E-state index in [-0.39, 0.29) is 0 Å². The zero-order chi connectivity index (χ0) is 28.1. The first-order chi connectivity index (χ1) is 21.3. The monoisotopic (exact) mass is 550 g/mol. The van der Waals surface area contributed by atoms with Gasteiger partial charge in [0.25, 0.3) is 0 Å². The van der Waals surface area contributed by atoms with Crippen LogP contribution in [-0.2, 0) is 0 Å². The number of hydrogen-bond acceptors (Lipinski definition) is 3. The lowest BCUT2D eigenvalue weighted by molar-refractivity contribution is 0.662. The second-order valence-corrected chi connectivity index (χ2v) is 11.0. The van der Waals surface area contributed by atoms with Crippen molar-refractivity contribution in [2.75, 3.05) is 0 Å². The van der Waals surface area contributed by atoms with Gasteiger partial charge in [0.1, 0.15) is 11.1 Å². The smallest absolute Gasteiger partial charge is 0.237 e. The van der Waals surface area contributed by atoms with E-state index in [1.165, 1.54) is 21.5 Å². The quantitative estimate of drug-likeness (QED) is 0.215. The highest BCUT2D eigenvalue weighted by atomic mass is 16.3. The number of fused-ring (bicyclic) bond motifs is 11. The molecule has 5 nitrogen and oxygen atoms in total. The molecule has 0 radical (unpaired) electrons. The van der Waals surface area contributed by atoms with E-state index in [1.807, 2.05) is 0 Å². The average molecular weight is 551 g/mol. The maximum atomic E-state index is 6.71. The van der Waals surface area contributed by atoms with E-state index in [4.69, 9.17) is 14.4 Å². The Morgan fingerprint density at radius 2 is 0.930 bits per heavy atom. The number of hydrogen-bond donors (Lipinski definition) is 0. The zero-order valence-electron chi connectivity index (χ0n) is 22.9. The molecule has 4 aromatic heterocycles. The van der Waals surface area contributed by atoms with Crippen molar-refractivity contribution in [3.63, 3.8) is 0 Å². The molecule has 0 aliphatic rings. The Morgan fingerprint density at radius 3 is 1.51 bits per heavy atom. The fraction of sp³-hybridized carbons (Fsp3) is 0. The number of aromatic nitrogens is 4. The normalized spacial score (nSPS) is 12.2. The van der Waals surface area contributed by atoms with Crippen LogP contribution in [0.25, 0.3) is 88.2 Å². The van der Waals surface area contributed by atoms with Gasteiger partial charge in [0.2, 0.25) is 5.95 Å². The second kappa shape index (κ2) is 8.30. The number of benzene rings is 6. The third kappa shape index (κ3) is 3.00. The number of rotatable bonds is 2. The van der Waals surface area contributed by atoms with Gasteiger partial charge in [-0.15, -0.1) is 0 Å². The molecule has 10 aromatic rings. The fourth-order valence-electron chi connectivity index (χ4n) is 6.92. The lowest BCUT2D eigenvalue weighted by atomic mass is 10.1. The molecule has 10 rings (SSSR count). The van der Waals surface area contributed by atoms with Crippen LogP contribution in [0.2, 0.25) is 0 Å². The summed E-state index contributed by atoms with van der Waals surface area (Å²) in [5, 5.41) is 7.94. The predicted molar refractivity (Wildman–Crippen MR) is 175 cm³/mol. The van der Waals surface area contributed by atoms with Crippen LogP contribution < -0.4 is 0 Å². The number of para-hydroxylation sites is 4. The maximum Gasteiger partial charge on any atom is 0.237 e. The molecule has 200 valence electrons. The van der Waals surface area contributed by atoms with Crippen molar-refractivity contribution in [3.8, 4) is 11.8 Å². The lowest BCUT2D eigenvalue weighted by Crippen LogP contribution is -2.06. The highest BCUT2D eigenvalue weighted by Crippen LogP contribution is 2.40. The van der Waals surface area contributed by atoms with Gasteiger partial charge in [0.15, 0.2) is 11.4 Å². The Balaban J connectivity index is 1.45. The SMILES string of the molecule is c1ccc2c(c1)ccc1oc3c(-n4c5ccccc5c5ccccc54)nc(-n4c5ccccc5c5ccccc54)nc3c12. The molecule has 0 unspecified atom stereocenters. The third-order valence-corrected chi connectivity index (χ3v) is 8.75. The van der Waals surface area contributed by atoms with E-state index >= 15 is 0 Å². The minimum Gasteiger partial charge on any atom is -0.450 e. The van der Waals surface area contributed by atoms with E-state index in [0.29, 0.717) is 11.5 Å². The molecule has 0 saturated carbocycles. The first-order valence-corrected chi connectivity index (χ1v) is 14.4. The Labute approximate surface area is 244 Å². The standard InChI is InChI=1S/C38H22N4O/c1-2-12-24-23(11-1)21-22-33-34(24)35-36(43-33)37(41-29-17-7-3-13-25(29)26-14-4-8-18-30(26)41)40-38(39-35)42-31-19-9-5-15-27(31)28-16-6-10-20-32(28)42/h1-22H. The van der Waals surface area contributed by atoms with Crippen LogP contribution in [0.4, 0.5) is 0 Å². The van der Waals surface area contributed by atoms with E-state index in [9.17, 15) is 0 Å². The van der Waals surface area contributed by atoms with E-state index < -0.39 is 0 Å². The van der Waals surface area contributed by atoms with Gasteiger partial charge >= 0.3 is 0 Å². The first kappa shape index (κ1) is 22.7. The van der Waals surface area contributed by atoms with Gasteiger partial charge in [-0.2, -0.15) is 4.98 Å². The summed E-state index contributed by atoms with van der Waals surface area (Å²) in [5.41, 5.74) is 6.54. The van der Waals surface area contributed by atoms with Crippen LogP contribution >= 0.6 is 0 Å². The van der Waals surface area contributed by atoms with Crippen molar-refractivity contribution < 1.29 is 4.42 Å². The summed E-state index contributed by atoms with van der Waals surface area (Å²) < 4.78 is 11.1. The number of nitrogens with zero attached hydrogens (tertiary/aromatic N) is 4. The van der Waals surface area contributed by atoms with Crippen molar-refractivity contribution in [3.05, 3.63) is 133 Å². The molecule has 0 amide bonds. The molecule has 0 aliphatic carbocycles. The summed E-state index contributed by atoms with van der Waals surface area (Å²) in [5.74, 6) is 1.33. The molecule has 0 atom stereocenters. The molecule has 4 heterocycles. The average Bonchev–Trinajstić information content (AvgIpc) is 3.72. The topological polar surface area (TPSA) is 48.8 Å².